The van der Waals surface area contributed by atoms with Crippen LogP contribution in [-0.2, 0) is 16.1 Å². The van der Waals surface area contributed by atoms with E-state index in [1.807, 2.05) is 18.9 Å². The number of amides is 1. The molecule has 7 nitrogen and oxygen atoms in total. The van der Waals surface area contributed by atoms with Gasteiger partial charge in [-0.15, -0.1) is 0 Å². The molecule has 7 heteroatoms. The number of nitrogens with two attached hydrogens (primary N) is 1. The first-order chi connectivity index (χ1) is 9.49. The number of carbonyl (C=O) groups excluding carboxylic acids is 1. The fraction of sp³-hybridized carbons (Fsp3) is 0.769. The Morgan fingerprint density at radius 2 is 2.20 bits per heavy atom. The summed E-state index contributed by atoms with van der Waals surface area (Å²) in [7, 11) is 3.47. The third kappa shape index (κ3) is 2.69. The number of hydrogen-bond acceptors (Lipinski definition) is 6. The minimum Gasteiger partial charge on any atom is -0.374 e. The van der Waals surface area contributed by atoms with Crippen molar-refractivity contribution in [3.05, 3.63) is 11.7 Å². The van der Waals surface area contributed by atoms with Crippen LogP contribution in [0.15, 0.2) is 4.52 Å². The van der Waals surface area contributed by atoms with Crippen molar-refractivity contribution in [1.29, 1.82) is 0 Å². The Balaban J connectivity index is 2.08. The lowest BCUT2D eigenvalue weighted by Gasteiger charge is -2.34. The molecule has 0 aliphatic heterocycles. The van der Waals surface area contributed by atoms with Gasteiger partial charge in [0.05, 0.1) is 6.54 Å². The van der Waals surface area contributed by atoms with Crippen molar-refractivity contribution >= 4 is 5.91 Å². The average Bonchev–Trinajstić information content (AvgIpc) is 3.07. The Morgan fingerprint density at radius 1 is 1.55 bits per heavy atom. The van der Waals surface area contributed by atoms with Crippen LogP contribution in [0.1, 0.15) is 50.4 Å². The highest BCUT2D eigenvalue weighted by atomic mass is 16.5. The van der Waals surface area contributed by atoms with E-state index in [1.165, 1.54) is 0 Å². The van der Waals surface area contributed by atoms with Gasteiger partial charge < -0.3 is 15.0 Å². The number of rotatable bonds is 6. The Bertz CT molecular complexity index is 468. The van der Waals surface area contributed by atoms with Crippen LogP contribution in [0.4, 0.5) is 0 Å². The van der Waals surface area contributed by atoms with E-state index in [4.69, 9.17) is 15.0 Å². The highest BCUT2D eigenvalue weighted by molar-refractivity contribution is 5.84. The fourth-order valence-corrected chi connectivity index (χ4v) is 2.73. The highest BCUT2D eigenvalue weighted by Crippen LogP contribution is 2.35. The summed E-state index contributed by atoms with van der Waals surface area (Å²) < 4.78 is 10.3. The zero-order valence-electron chi connectivity index (χ0n) is 12.3. The van der Waals surface area contributed by atoms with E-state index >= 15 is 0 Å². The maximum absolute atomic E-state index is 11.8. The highest BCUT2D eigenvalue weighted by Gasteiger charge is 2.43. The normalized spacial score (nSPS) is 19.4. The summed E-state index contributed by atoms with van der Waals surface area (Å²) in [6.45, 7) is 2.26. The van der Waals surface area contributed by atoms with Crippen LogP contribution in [-0.4, -0.2) is 40.6 Å². The SMILES string of the molecule is CO[C@H](C)c1noc(CN(C)C2(C(N)=O)CCCC2)n1. The van der Waals surface area contributed by atoms with E-state index in [9.17, 15) is 4.79 Å². The van der Waals surface area contributed by atoms with Crippen LogP contribution in [0.3, 0.4) is 0 Å². The number of aromatic nitrogens is 2. The van der Waals surface area contributed by atoms with Gasteiger partial charge in [0, 0.05) is 7.11 Å². The van der Waals surface area contributed by atoms with Crippen molar-refractivity contribution < 1.29 is 14.1 Å². The molecule has 2 rings (SSSR count). The molecule has 0 radical (unpaired) electrons. The summed E-state index contributed by atoms with van der Waals surface area (Å²) in [5, 5.41) is 3.88. The quantitative estimate of drug-likeness (QED) is 0.836. The van der Waals surface area contributed by atoms with Crippen molar-refractivity contribution in [2.24, 2.45) is 5.73 Å². The van der Waals surface area contributed by atoms with Gasteiger partial charge in [0.15, 0.2) is 5.82 Å². The summed E-state index contributed by atoms with van der Waals surface area (Å²) in [6.07, 6.45) is 3.39. The lowest BCUT2D eigenvalue weighted by atomic mass is 9.95. The standard InChI is InChI=1S/C13H22N4O3/c1-9(19-3)11-15-10(20-16-11)8-17(2)13(12(14)18)6-4-5-7-13/h9H,4-8H2,1-3H3,(H2,14,18)/t9-/m1/s1. The summed E-state index contributed by atoms with van der Waals surface area (Å²) in [6, 6.07) is 0. The van der Waals surface area contributed by atoms with E-state index in [1.54, 1.807) is 7.11 Å². The Labute approximate surface area is 118 Å². The van der Waals surface area contributed by atoms with Crippen LogP contribution >= 0.6 is 0 Å². The predicted octanol–water partition coefficient (Wildman–Crippen LogP) is 1.01. The van der Waals surface area contributed by atoms with Gasteiger partial charge >= 0.3 is 0 Å². The first-order valence-corrected chi connectivity index (χ1v) is 6.86. The maximum Gasteiger partial charge on any atom is 0.240 e. The third-order valence-corrected chi connectivity index (χ3v) is 4.19. The second kappa shape index (κ2) is 5.88. The minimum absolute atomic E-state index is 0.214. The second-order valence-electron chi connectivity index (χ2n) is 5.38. The predicted molar refractivity (Wildman–Crippen MR) is 71.6 cm³/mol. The second-order valence-corrected chi connectivity index (χ2v) is 5.38. The van der Waals surface area contributed by atoms with Crippen LogP contribution in [0.2, 0.25) is 0 Å². The lowest BCUT2D eigenvalue weighted by Crippen LogP contribution is -2.53. The molecular weight excluding hydrogens is 260 g/mol. The molecule has 0 spiro atoms. The molecule has 1 aliphatic rings. The molecule has 112 valence electrons. The van der Waals surface area contributed by atoms with Crippen molar-refractivity contribution in [3.8, 4) is 0 Å². The van der Waals surface area contributed by atoms with E-state index in [0.717, 1.165) is 25.7 Å². The lowest BCUT2D eigenvalue weighted by molar-refractivity contribution is -0.129. The summed E-state index contributed by atoms with van der Waals surface area (Å²) in [5.41, 5.74) is 5.01. The largest absolute Gasteiger partial charge is 0.374 e. The van der Waals surface area contributed by atoms with Crippen LogP contribution in [0, 0.1) is 0 Å². The molecule has 0 saturated heterocycles. The van der Waals surface area contributed by atoms with Gasteiger partial charge in [-0.25, -0.2) is 0 Å². The van der Waals surface area contributed by atoms with Gasteiger partial charge in [0.1, 0.15) is 11.6 Å². The van der Waals surface area contributed by atoms with Gasteiger partial charge in [-0.2, -0.15) is 4.98 Å². The molecule has 1 atom stereocenters. The van der Waals surface area contributed by atoms with Gasteiger partial charge in [-0.05, 0) is 26.8 Å². The molecule has 1 amide bonds. The monoisotopic (exact) mass is 282 g/mol. The number of nitrogens with zero attached hydrogens (tertiary/aromatic N) is 3. The van der Waals surface area contributed by atoms with E-state index in [-0.39, 0.29) is 12.0 Å². The van der Waals surface area contributed by atoms with Crippen LogP contribution in [0.5, 0.6) is 0 Å². The number of methoxy groups -OCH3 is 1. The molecule has 2 N–H and O–H groups in total. The zero-order chi connectivity index (χ0) is 14.8. The van der Waals surface area contributed by atoms with Gasteiger partial charge in [0.2, 0.25) is 11.8 Å². The Hall–Kier alpha value is -1.47. The first-order valence-electron chi connectivity index (χ1n) is 6.86. The summed E-state index contributed by atoms with van der Waals surface area (Å²) >= 11 is 0. The smallest absolute Gasteiger partial charge is 0.240 e. The molecule has 1 aromatic heterocycles. The molecule has 1 saturated carbocycles. The number of carbonyl (C=O) groups is 1. The van der Waals surface area contributed by atoms with Crippen molar-refractivity contribution in [2.45, 2.75) is 50.8 Å². The fourth-order valence-electron chi connectivity index (χ4n) is 2.73. The van der Waals surface area contributed by atoms with Crippen molar-refractivity contribution in [1.82, 2.24) is 15.0 Å². The molecule has 20 heavy (non-hydrogen) atoms. The third-order valence-electron chi connectivity index (χ3n) is 4.19. The van der Waals surface area contributed by atoms with Crippen LogP contribution in [0.25, 0.3) is 0 Å². The number of primary amides is 1. The number of ether oxygens (including phenoxy) is 1. The van der Waals surface area contributed by atoms with E-state index in [0.29, 0.717) is 18.3 Å². The Kier molecular flexibility index (Phi) is 4.39. The maximum atomic E-state index is 11.8. The minimum atomic E-state index is -0.582. The average molecular weight is 282 g/mol. The van der Waals surface area contributed by atoms with E-state index in [2.05, 4.69) is 10.1 Å². The van der Waals surface area contributed by atoms with Crippen LogP contribution < -0.4 is 5.73 Å². The molecular formula is C13H22N4O3. The molecule has 1 aliphatic carbocycles. The topological polar surface area (TPSA) is 94.5 Å². The molecule has 1 aromatic rings. The molecule has 0 bridgehead atoms. The molecule has 0 unspecified atom stereocenters. The number of likely N-dealkylation sites (N-methyl/N-ethyl adjacent to an activating group) is 1. The summed E-state index contributed by atoms with van der Waals surface area (Å²) in [5.74, 6) is 0.705. The zero-order valence-corrected chi connectivity index (χ0v) is 12.3. The molecule has 1 heterocycles. The van der Waals surface area contributed by atoms with Crippen molar-refractivity contribution in [3.63, 3.8) is 0 Å². The first kappa shape index (κ1) is 14.9. The Morgan fingerprint density at radius 3 is 2.75 bits per heavy atom. The van der Waals surface area contributed by atoms with Gasteiger partial charge in [-0.1, -0.05) is 18.0 Å². The van der Waals surface area contributed by atoms with Gasteiger partial charge in [-0.3, -0.25) is 9.69 Å². The molecule has 1 fully saturated rings. The molecule has 0 aromatic carbocycles. The van der Waals surface area contributed by atoms with E-state index < -0.39 is 5.54 Å². The summed E-state index contributed by atoms with van der Waals surface area (Å²) in [4.78, 5) is 18.0. The van der Waals surface area contributed by atoms with Crippen molar-refractivity contribution in [2.75, 3.05) is 14.2 Å². The van der Waals surface area contributed by atoms with Gasteiger partial charge in [0.25, 0.3) is 0 Å². The number of hydrogen-bond donors (Lipinski definition) is 1.